The second-order valence-electron chi connectivity index (χ2n) is 5.37. The Morgan fingerprint density at radius 2 is 1.79 bits per heavy atom. The lowest BCUT2D eigenvalue weighted by atomic mass is 10.1. The molecule has 0 saturated carbocycles. The highest BCUT2D eigenvalue weighted by molar-refractivity contribution is 6.15. The van der Waals surface area contributed by atoms with Crippen molar-refractivity contribution in [1.29, 1.82) is 0 Å². The van der Waals surface area contributed by atoms with Crippen LogP contribution in [-0.4, -0.2) is 27.9 Å². The Bertz CT molecular complexity index is 818. The van der Waals surface area contributed by atoms with Gasteiger partial charge in [-0.15, -0.1) is 5.10 Å². The molecule has 1 aromatic carbocycles. The largest absolute Gasteiger partial charge is 0.419 e. The van der Waals surface area contributed by atoms with E-state index in [1.807, 2.05) is 0 Å². The Morgan fingerprint density at radius 3 is 2.42 bits per heavy atom. The number of anilines is 2. The number of ether oxygens (including phenoxy) is 2. The number of nitrogens with two attached hydrogens (primary N) is 1. The fourth-order valence-electron chi connectivity index (χ4n) is 2.07. The number of cyclic esters (lactones) is 2. The maximum absolute atomic E-state index is 11.9. The van der Waals surface area contributed by atoms with E-state index < -0.39 is 17.7 Å². The molecule has 1 fully saturated rings. The highest BCUT2D eigenvalue weighted by Crippen LogP contribution is 2.28. The van der Waals surface area contributed by atoms with Gasteiger partial charge in [-0.25, -0.2) is 9.59 Å². The number of esters is 2. The first kappa shape index (κ1) is 15.5. The predicted molar refractivity (Wildman–Crippen MR) is 82.1 cm³/mol. The van der Waals surface area contributed by atoms with Crippen molar-refractivity contribution in [2.75, 3.05) is 11.1 Å². The summed E-state index contributed by atoms with van der Waals surface area (Å²) in [6, 6.07) is 6.87. The summed E-state index contributed by atoms with van der Waals surface area (Å²) in [5, 5.41) is 10.2. The zero-order chi connectivity index (χ0) is 17.3. The molecule has 1 aromatic heterocycles. The Kier molecular flexibility index (Phi) is 3.68. The van der Waals surface area contributed by atoms with Crippen LogP contribution in [0.1, 0.15) is 13.8 Å². The molecule has 0 atom stereocenters. The second kappa shape index (κ2) is 5.69. The van der Waals surface area contributed by atoms with E-state index in [1.54, 1.807) is 24.3 Å². The molecule has 0 radical (unpaired) electrons. The minimum atomic E-state index is -1.29. The van der Waals surface area contributed by atoms with E-state index >= 15 is 0 Å². The average Bonchev–Trinajstić information content (AvgIpc) is 2.92. The van der Waals surface area contributed by atoms with Crippen LogP contribution < -0.4 is 11.1 Å². The van der Waals surface area contributed by atoms with Crippen LogP contribution in [0.2, 0.25) is 0 Å². The van der Waals surface area contributed by atoms with Gasteiger partial charge in [0.1, 0.15) is 0 Å². The molecule has 0 bridgehead atoms. The summed E-state index contributed by atoms with van der Waals surface area (Å²) in [7, 11) is 0. The SMILES string of the molecule is CC1(C)OC(=O)C(=CNc2ccccc2-c2nnc(N)o2)C(=O)O1. The highest BCUT2D eigenvalue weighted by Gasteiger charge is 2.38. The predicted octanol–water partition coefficient (Wildman–Crippen LogP) is 1.45. The van der Waals surface area contributed by atoms with Gasteiger partial charge in [0.2, 0.25) is 0 Å². The molecule has 1 aliphatic heterocycles. The van der Waals surface area contributed by atoms with Crippen molar-refractivity contribution < 1.29 is 23.5 Å². The van der Waals surface area contributed by atoms with Crippen molar-refractivity contribution >= 4 is 23.6 Å². The standard InChI is InChI=1S/C15H14N4O5/c1-15(2)23-12(20)9(13(21)24-15)7-17-10-6-4-3-5-8(10)11-18-19-14(16)22-11/h3-7,17H,1-2H3,(H2,16,19). The van der Waals surface area contributed by atoms with Gasteiger partial charge in [-0.1, -0.05) is 17.2 Å². The third-order valence-corrected chi connectivity index (χ3v) is 3.09. The molecule has 124 valence electrons. The molecule has 2 heterocycles. The molecular formula is C15H14N4O5. The summed E-state index contributed by atoms with van der Waals surface area (Å²) in [5.74, 6) is -2.64. The monoisotopic (exact) mass is 330 g/mol. The van der Waals surface area contributed by atoms with Crippen molar-refractivity contribution in [3.63, 3.8) is 0 Å². The smallest absolute Gasteiger partial charge is 0.350 e. The first-order valence-corrected chi connectivity index (χ1v) is 6.97. The lowest BCUT2D eigenvalue weighted by Crippen LogP contribution is -2.42. The van der Waals surface area contributed by atoms with E-state index in [4.69, 9.17) is 19.6 Å². The number of nitrogens with one attached hydrogen (secondary N) is 1. The highest BCUT2D eigenvalue weighted by atomic mass is 16.7. The average molecular weight is 330 g/mol. The summed E-state index contributed by atoms with van der Waals surface area (Å²) in [5.41, 5.74) is 6.25. The van der Waals surface area contributed by atoms with Gasteiger partial charge >= 0.3 is 18.0 Å². The van der Waals surface area contributed by atoms with Crippen LogP contribution in [0, 0.1) is 0 Å². The Hall–Kier alpha value is -3.36. The zero-order valence-electron chi connectivity index (χ0n) is 12.9. The summed E-state index contributed by atoms with van der Waals surface area (Å²) >= 11 is 0. The number of nitrogen functional groups attached to an aromatic ring is 1. The van der Waals surface area contributed by atoms with Gasteiger partial charge in [0.25, 0.3) is 11.7 Å². The molecule has 1 saturated heterocycles. The van der Waals surface area contributed by atoms with Gasteiger partial charge in [0.05, 0.1) is 11.3 Å². The fourth-order valence-corrected chi connectivity index (χ4v) is 2.07. The lowest BCUT2D eigenvalue weighted by Gasteiger charge is -2.29. The normalized spacial score (nSPS) is 16.3. The molecule has 0 aliphatic carbocycles. The minimum absolute atomic E-state index is 0.0696. The quantitative estimate of drug-likeness (QED) is 0.488. The Balaban J connectivity index is 1.87. The van der Waals surface area contributed by atoms with Crippen LogP contribution in [0.4, 0.5) is 11.7 Å². The minimum Gasteiger partial charge on any atom is -0.419 e. The van der Waals surface area contributed by atoms with E-state index in [2.05, 4.69) is 15.5 Å². The number of carbonyl (C=O) groups excluding carboxylic acids is 2. The molecule has 0 spiro atoms. The third kappa shape index (κ3) is 3.05. The molecule has 9 nitrogen and oxygen atoms in total. The van der Waals surface area contributed by atoms with Crippen molar-refractivity contribution in [3.8, 4) is 11.5 Å². The first-order chi connectivity index (χ1) is 11.4. The van der Waals surface area contributed by atoms with Crippen molar-refractivity contribution in [1.82, 2.24) is 10.2 Å². The van der Waals surface area contributed by atoms with Gasteiger partial charge in [0, 0.05) is 20.0 Å². The molecule has 3 rings (SSSR count). The zero-order valence-corrected chi connectivity index (χ0v) is 12.9. The summed E-state index contributed by atoms with van der Waals surface area (Å²) in [6.07, 6.45) is 1.21. The van der Waals surface area contributed by atoms with Crippen LogP contribution in [0.3, 0.4) is 0 Å². The van der Waals surface area contributed by atoms with Gasteiger partial charge in [-0.3, -0.25) is 0 Å². The number of aromatic nitrogens is 2. The number of rotatable bonds is 3. The van der Waals surface area contributed by atoms with E-state index in [0.29, 0.717) is 11.3 Å². The van der Waals surface area contributed by atoms with Crippen molar-refractivity contribution in [2.24, 2.45) is 0 Å². The van der Waals surface area contributed by atoms with Gasteiger partial charge in [0.15, 0.2) is 5.57 Å². The third-order valence-electron chi connectivity index (χ3n) is 3.09. The lowest BCUT2D eigenvalue weighted by molar-refractivity contribution is -0.222. The van der Waals surface area contributed by atoms with Crippen molar-refractivity contribution in [2.45, 2.75) is 19.6 Å². The number of nitrogens with zero attached hydrogens (tertiary/aromatic N) is 2. The first-order valence-electron chi connectivity index (χ1n) is 6.97. The molecule has 24 heavy (non-hydrogen) atoms. The molecule has 0 unspecified atom stereocenters. The second-order valence-corrected chi connectivity index (χ2v) is 5.37. The number of para-hydroxylation sites is 1. The van der Waals surface area contributed by atoms with Crippen LogP contribution >= 0.6 is 0 Å². The van der Waals surface area contributed by atoms with Crippen LogP contribution in [-0.2, 0) is 19.1 Å². The van der Waals surface area contributed by atoms with E-state index in [0.717, 1.165) is 0 Å². The summed E-state index contributed by atoms with van der Waals surface area (Å²) in [4.78, 5) is 23.8. The maximum atomic E-state index is 11.9. The maximum Gasteiger partial charge on any atom is 0.350 e. The number of hydrogen-bond acceptors (Lipinski definition) is 9. The number of benzene rings is 1. The van der Waals surface area contributed by atoms with Crippen LogP contribution in [0.5, 0.6) is 0 Å². The molecule has 0 amide bonds. The summed E-state index contributed by atoms with van der Waals surface area (Å²) < 4.78 is 15.2. The van der Waals surface area contributed by atoms with Gasteiger partial charge < -0.3 is 24.9 Å². The Morgan fingerprint density at radius 1 is 1.12 bits per heavy atom. The van der Waals surface area contributed by atoms with E-state index in [9.17, 15) is 9.59 Å². The van der Waals surface area contributed by atoms with Gasteiger partial charge in [-0.05, 0) is 12.1 Å². The van der Waals surface area contributed by atoms with Crippen LogP contribution in [0.25, 0.3) is 11.5 Å². The number of carbonyl (C=O) groups is 2. The fraction of sp³-hybridized carbons (Fsp3) is 0.200. The van der Waals surface area contributed by atoms with Gasteiger partial charge in [-0.2, -0.15) is 0 Å². The summed E-state index contributed by atoms with van der Waals surface area (Å²) in [6.45, 7) is 2.95. The molecular weight excluding hydrogens is 316 g/mol. The molecule has 1 aliphatic rings. The topological polar surface area (TPSA) is 130 Å². The van der Waals surface area contributed by atoms with Crippen molar-refractivity contribution in [3.05, 3.63) is 36.0 Å². The molecule has 2 aromatic rings. The molecule has 9 heteroatoms. The van der Waals surface area contributed by atoms with E-state index in [1.165, 1.54) is 20.0 Å². The molecule has 3 N–H and O–H groups in total. The van der Waals surface area contributed by atoms with Crippen LogP contribution in [0.15, 0.2) is 40.5 Å². The Labute approximate surface area is 136 Å². The number of hydrogen-bond donors (Lipinski definition) is 2. The van der Waals surface area contributed by atoms with E-state index in [-0.39, 0.29) is 17.5 Å².